The summed E-state index contributed by atoms with van der Waals surface area (Å²) in [6, 6.07) is 9.23. The molecule has 25 heavy (non-hydrogen) atoms. The molecule has 6 nitrogen and oxygen atoms in total. The average molecular weight is 364 g/mol. The SMILES string of the molecule is Cc1nn(-c2ccccc2)c(Cl)c1C(=O)O[C@@H](C)C(=O)NCC(C)C. The second kappa shape index (κ2) is 8.16. The van der Waals surface area contributed by atoms with Crippen LogP contribution >= 0.6 is 11.6 Å². The zero-order chi connectivity index (χ0) is 18.6. The van der Waals surface area contributed by atoms with E-state index >= 15 is 0 Å². The van der Waals surface area contributed by atoms with E-state index in [1.165, 1.54) is 11.6 Å². The molecule has 2 rings (SSSR count). The lowest BCUT2D eigenvalue weighted by atomic mass is 10.2. The molecule has 1 heterocycles. The number of rotatable bonds is 6. The van der Waals surface area contributed by atoms with Crippen molar-refractivity contribution in [1.29, 1.82) is 0 Å². The Morgan fingerprint density at radius 3 is 2.48 bits per heavy atom. The monoisotopic (exact) mass is 363 g/mol. The van der Waals surface area contributed by atoms with E-state index in [1.54, 1.807) is 6.92 Å². The van der Waals surface area contributed by atoms with Gasteiger partial charge in [-0.15, -0.1) is 0 Å². The van der Waals surface area contributed by atoms with Crippen molar-refractivity contribution in [3.8, 4) is 5.69 Å². The maximum atomic E-state index is 12.4. The quantitative estimate of drug-likeness (QED) is 0.800. The molecule has 1 amide bonds. The molecule has 0 saturated carbocycles. The van der Waals surface area contributed by atoms with Gasteiger partial charge in [-0.2, -0.15) is 5.10 Å². The van der Waals surface area contributed by atoms with Crippen molar-refractivity contribution in [2.75, 3.05) is 6.54 Å². The van der Waals surface area contributed by atoms with Gasteiger partial charge in [0.15, 0.2) is 6.10 Å². The Balaban J connectivity index is 2.15. The van der Waals surface area contributed by atoms with Crippen LogP contribution in [0.4, 0.5) is 0 Å². The molecule has 0 bridgehead atoms. The molecule has 1 atom stereocenters. The fourth-order valence-electron chi connectivity index (χ4n) is 2.19. The largest absolute Gasteiger partial charge is 0.449 e. The molecule has 1 aromatic carbocycles. The topological polar surface area (TPSA) is 73.2 Å². The summed E-state index contributed by atoms with van der Waals surface area (Å²) in [5.41, 5.74) is 1.33. The number of para-hydroxylation sites is 1. The number of amides is 1. The molecule has 0 radical (unpaired) electrons. The third-order valence-electron chi connectivity index (χ3n) is 3.55. The van der Waals surface area contributed by atoms with Crippen LogP contribution in [0.15, 0.2) is 30.3 Å². The van der Waals surface area contributed by atoms with Crippen LogP contribution < -0.4 is 5.32 Å². The lowest BCUT2D eigenvalue weighted by Crippen LogP contribution is -2.37. The molecule has 0 saturated heterocycles. The Bertz CT molecular complexity index is 756. The van der Waals surface area contributed by atoms with Gasteiger partial charge in [-0.05, 0) is 31.9 Å². The van der Waals surface area contributed by atoms with Gasteiger partial charge in [0.05, 0.1) is 11.4 Å². The first-order valence-electron chi connectivity index (χ1n) is 8.10. The maximum absolute atomic E-state index is 12.4. The van der Waals surface area contributed by atoms with Crippen LogP contribution in [0.3, 0.4) is 0 Å². The van der Waals surface area contributed by atoms with E-state index < -0.39 is 12.1 Å². The van der Waals surface area contributed by atoms with Crippen molar-refractivity contribution in [2.24, 2.45) is 5.92 Å². The molecule has 1 N–H and O–H groups in total. The van der Waals surface area contributed by atoms with Crippen molar-refractivity contribution < 1.29 is 14.3 Å². The molecular weight excluding hydrogens is 342 g/mol. The second-order valence-electron chi connectivity index (χ2n) is 6.19. The van der Waals surface area contributed by atoms with E-state index in [0.29, 0.717) is 18.2 Å². The summed E-state index contributed by atoms with van der Waals surface area (Å²) in [6.07, 6.45) is -0.915. The molecule has 0 aliphatic heterocycles. The van der Waals surface area contributed by atoms with Crippen molar-refractivity contribution in [3.63, 3.8) is 0 Å². The molecule has 134 valence electrons. The fourth-order valence-corrected chi connectivity index (χ4v) is 2.54. The third-order valence-corrected chi connectivity index (χ3v) is 3.90. The number of nitrogens with zero attached hydrogens (tertiary/aromatic N) is 2. The molecule has 0 fully saturated rings. The molecule has 0 aliphatic rings. The van der Waals surface area contributed by atoms with Crippen molar-refractivity contribution in [2.45, 2.75) is 33.8 Å². The highest BCUT2D eigenvalue weighted by atomic mass is 35.5. The fraction of sp³-hybridized carbons (Fsp3) is 0.389. The Labute approximate surface area is 152 Å². The summed E-state index contributed by atoms with van der Waals surface area (Å²) in [5.74, 6) is -0.698. The molecule has 2 aromatic rings. The van der Waals surface area contributed by atoms with Gasteiger partial charge in [0.25, 0.3) is 5.91 Å². The van der Waals surface area contributed by atoms with E-state index in [2.05, 4.69) is 10.4 Å². The third kappa shape index (κ3) is 4.60. The van der Waals surface area contributed by atoms with Crippen LogP contribution in [0, 0.1) is 12.8 Å². The Morgan fingerprint density at radius 1 is 1.24 bits per heavy atom. The number of aromatic nitrogens is 2. The lowest BCUT2D eigenvalue weighted by molar-refractivity contribution is -0.129. The Hall–Kier alpha value is -2.34. The zero-order valence-corrected chi connectivity index (χ0v) is 15.5. The first kappa shape index (κ1) is 19.0. The first-order chi connectivity index (χ1) is 11.8. The highest BCUT2D eigenvalue weighted by Crippen LogP contribution is 2.24. The number of halogens is 1. The van der Waals surface area contributed by atoms with E-state index in [-0.39, 0.29) is 16.6 Å². The van der Waals surface area contributed by atoms with Crippen molar-refractivity contribution in [1.82, 2.24) is 15.1 Å². The van der Waals surface area contributed by atoms with Crippen molar-refractivity contribution >= 4 is 23.5 Å². The Kier molecular flexibility index (Phi) is 6.20. The van der Waals surface area contributed by atoms with Crippen LogP contribution in [0.25, 0.3) is 5.69 Å². The number of carbonyl (C=O) groups is 2. The summed E-state index contributed by atoms with van der Waals surface area (Å²) in [6.45, 7) is 7.69. The van der Waals surface area contributed by atoms with Crippen LogP contribution in [-0.2, 0) is 9.53 Å². The van der Waals surface area contributed by atoms with Gasteiger partial charge in [0, 0.05) is 6.54 Å². The summed E-state index contributed by atoms with van der Waals surface area (Å²) >= 11 is 6.32. The highest BCUT2D eigenvalue weighted by Gasteiger charge is 2.26. The van der Waals surface area contributed by atoms with Gasteiger partial charge < -0.3 is 10.1 Å². The second-order valence-corrected chi connectivity index (χ2v) is 6.54. The number of nitrogens with one attached hydrogen (secondary N) is 1. The van der Waals surface area contributed by atoms with Gasteiger partial charge in [-0.3, -0.25) is 4.79 Å². The smallest absolute Gasteiger partial charge is 0.344 e. The minimum atomic E-state index is -0.915. The average Bonchev–Trinajstić information content (AvgIpc) is 2.87. The molecule has 0 spiro atoms. The summed E-state index contributed by atoms with van der Waals surface area (Å²) in [5, 5.41) is 7.18. The zero-order valence-electron chi connectivity index (χ0n) is 14.7. The molecule has 0 unspecified atom stereocenters. The molecular formula is C18H22ClN3O3. The highest BCUT2D eigenvalue weighted by molar-refractivity contribution is 6.33. The normalized spacial score (nSPS) is 12.1. The number of carbonyl (C=O) groups excluding carboxylic acids is 2. The molecule has 0 aliphatic carbocycles. The van der Waals surface area contributed by atoms with Crippen LogP contribution in [0.2, 0.25) is 5.15 Å². The summed E-state index contributed by atoms with van der Waals surface area (Å²) in [4.78, 5) is 24.4. The number of ether oxygens (including phenoxy) is 1. The van der Waals surface area contributed by atoms with E-state index in [0.717, 1.165) is 5.69 Å². The summed E-state index contributed by atoms with van der Waals surface area (Å²) < 4.78 is 6.72. The van der Waals surface area contributed by atoms with E-state index in [9.17, 15) is 9.59 Å². The van der Waals surface area contributed by atoms with Gasteiger partial charge in [-0.1, -0.05) is 43.6 Å². The summed E-state index contributed by atoms with van der Waals surface area (Å²) in [7, 11) is 0. The standard InChI is InChI=1S/C18H22ClN3O3/c1-11(2)10-20-17(23)13(4)25-18(24)15-12(3)21-22(16(15)19)14-8-6-5-7-9-14/h5-9,11,13H,10H2,1-4H3,(H,20,23)/t13-/m0/s1. The van der Waals surface area contributed by atoms with Gasteiger partial charge >= 0.3 is 5.97 Å². The lowest BCUT2D eigenvalue weighted by Gasteiger charge is -2.14. The first-order valence-corrected chi connectivity index (χ1v) is 8.48. The predicted molar refractivity (Wildman–Crippen MR) is 96.0 cm³/mol. The van der Waals surface area contributed by atoms with Crippen LogP contribution in [0.5, 0.6) is 0 Å². The molecule has 1 aromatic heterocycles. The van der Waals surface area contributed by atoms with Gasteiger partial charge in [0.2, 0.25) is 0 Å². The van der Waals surface area contributed by atoms with Crippen LogP contribution in [0.1, 0.15) is 36.8 Å². The van der Waals surface area contributed by atoms with E-state index in [1.807, 2.05) is 44.2 Å². The number of benzene rings is 1. The number of esters is 1. The predicted octanol–water partition coefficient (Wildman–Crippen LogP) is 3.15. The number of hydrogen-bond acceptors (Lipinski definition) is 4. The maximum Gasteiger partial charge on any atom is 0.344 e. The van der Waals surface area contributed by atoms with Crippen LogP contribution in [-0.4, -0.2) is 34.3 Å². The Morgan fingerprint density at radius 2 is 1.88 bits per heavy atom. The molecule has 7 heteroatoms. The van der Waals surface area contributed by atoms with Gasteiger partial charge in [0.1, 0.15) is 10.7 Å². The minimum Gasteiger partial charge on any atom is -0.449 e. The number of hydrogen-bond donors (Lipinski definition) is 1. The van der Waals surface area contributed by atoms with Gasteiger partial charge in [-0.25, -0.2) is 9.48 Å². The van der Waals surface area contributed by atoms with E-state index in [4.69, 9.17) is 16.3 Å². The minimum absolute atomic E-state index is 0.156. The number of aryl methyl sites for hydroxylation is 1. The van der Waals surface area contributed by atoms with Crippen molar-refractivity contribution in [3.05, 3.63) is 46.7 Å².